The molecule has 0 aliphatic rings. The Hall–Kier alpha value is -6.50. The van der Waals surface area contributed by atoms with Gasteiger partial charge in [0.15, 0.2) is 23.1 Å². The fraction of sp³-hybridized carbons (Fsp3) is 0. The summed E-state index contributed by atoms with van der Waals surface area (Å²) in [5, 5.41) is 4.49. The topological polar surface area (TPSA) is 64.7 Å². The van der Waals surface area contributed by atoms with E-state index in [0.29, 0.717) is 23.4 Å². The van der Waals surface area contributed by atoms with Gasteiger partial charge in [-0.25, -0.2) is 19.9 Å². The molecule has 10 aromatic rings. The molecule has 3 heterocycles. The van der Waals surface area contributed by atoms with Crippen LogP contribution in [0.25, 0.3) is 98.8 Å². The highest BCUT2D eigenvalue weighted by molar-refractivity contribution is 7.26. The lowest BCUT2D eigenvalue weighted by atomic mass is 10.0. The number of fused-ring (bicyclic) bond motifs is 5. The van der Waals surface area contributed by atoms with Crippen molar-refractivity contribution in [2.45, 2.75) is 0 Å². The zero-order valence-electron chi connectivity index (χ0n) is 26.6. The molecule has 0 saturated heterocycles. The summed E-state index contributed by atoms with van der Waals surface area (Å²) >= 11 is 1.74. The quantitative estimate of drug-likeness (QED) is 0.184. The lowest BCUT2D eigenvalue weighted by Crippen LogP contribution is -2.00. The molecule has 0 amide bonds. The highest BCUT2D eigenvalue weighted by Gasteiger charge is 2.19. The van der Waals surface area contributed by atoms with Crippen molar-refractivity contribution in [2.24, 2.45) is 0 Å². The molecule has 0 aliphatic carbocycles. The third kappa shape index (κ3) is 4.93. The molecule has 50 heavy (non-hydrogen) atoms. The number of benzene rings is 7. The molecule has 0 aliphatic heterocycles. The number of hydrogen-bond acceptors (Lipinski definition) is 6. The van der Waals surface area contributed by atoms with Crippen molar-refractivity contribution in [3.8, 4) is 56.7 Å². The Morgan fingerprint density at radius 2 is 1.06 bits per heavy atom. The number of hydrogen-bond donors (Lipinski definition) is 0. The smallest absolute Gasteiger partial charge is 0.227 e. The maximum Gasteiger partial charge on any atom is 0.227 e. The average molecular weight is 659 g/mol. The van der Waals surface area contributed by atoms with Gasteiger partial charge in [0, 0.05) is 42.4 Å². The van der Waals surface area contributed by atoms with Crippen LogP contribution in [0.1, 0.15) is 0 Å². The van der Waals surface area contributed by atoms with E-state index in [2.05, 4.69) is 121 Å². The predicted octanol–water partition coefficient (Wildman–Crippen LogP) is 11.9. The molecule has 0 fully saturated rings. The molecular weight excluding hydrogens is 633 g/mol. The first kappa shape index (κ1) is 28.5. The van der Waals surface area contributed by atoms with Crippen LogP contribution in [0.15, 0.2) is 162 Å². The van der Waals surface area contributed by atoms with Gasteiger partial charge < -0.3 is 4.42 Å². The van der Waals surface area contributed by atoms with Gasteiger partial charge in [-0.1, -0.05) is 121 Å². The first-order valence-corrected chi connectivity index (χ1v) is 17.3. The zero-order valence-corrected chi connectivity index (χ0v) is 27.4. The second-order valence-corrected chi connectivity index (χ2v) is 13.4. The Morgan fingerprint density at radius 3 is 1.86 bits per heavy atom. The largest absolute Gasteiger partial charge is 0.436 e. The summed E-state index contributed by atoms with van der Waals surface area (Å²) in [5.74, 6) is 2.50. The lowest BCUT2D eigenvalue weighted by molar-refractivity contribution is 0.620. The molecule has 6 heteroatoms. The summed E-state index contributed by atoms with van der Waals surface area (Å²) < 4.78 is 8.69. The van der Waals surface area contributed by atoms with Gasteiger partial charge in [0.25, 0.3) is 0 Å². The highest BCUT2D eigenvalue weighted by atomic mass is 32.1. The van der Waals surface area contributed by atoms with Crippen LogP contribution in [0.2, 0.25) is 0 Å². The van der Waals surface area contributed by atoms with Gasteiger partial charge in [-0.3, -0.25) is 0 Å². The molecule has 0 radical (unpaired) electrons. The Bertz CT molecular complexity index is 2860. The Labute approximate surface area is 291 Å². The summed E-state index contributed by atoms with van der Waals surface area (Å²) in [6.45, 7) is 0. The van der Waals surface area contributed by atoms with Crippen LogP contribution in [-0.4, -0.2) is 19.9 Å². The van der Waals surface area contributed by atoms with E-state index in [4.69, 9.17) is 24.4 Å². The van der Waals surface area contributed by atoms with Crippen molar-refractivity contribution in [1.82, 2.24) is 19.9 Å². The van der Waals surface area contributed by atoms with Crippen molar-refractivity contribution in [2.75, 3.05) is 0 Å². The molecule has 0 unspecified atom stereocenters. The second kappa shape index (κ2) is 11.6. The predicted molar refractivity (Wildman–Crippen MR) is 205 cm³/mol. The van der Waals surface area contributed by atoms with E-state index in [1.54, 1.807) is 11.3 Å². The van der Waals surface area contributed by atoms with Crippen molar-refractivity contribution in [3.05, 3.63) is 158 Å². The number of aromatic nitrogens is 4. The third-order valence-corrected chi connectivity index (χ3v) is 10.3. The molecule has 0 atom stereocenters. The number of oxazole rings is 1. The normalized spacial score (nSPS) is 11.6. The first-order chi connectivity index (χ1) is 24.7. The molecule has 0 N–H and O–H groups in total. The van der Waals surface area contributed by atoms with Crippen LogP contribution < -0.4 is 0 Å². The van der Waals surface area contributed by atoms with E-state index < -0.39 is 0 Å². The molecule has 7 aromatic carbocycles. The molecule has 0 bridgehead atoms. The maximum atomic E-state index is 6.41. The number of thiophene rings is 1. The average Bonchev–Trinajstić information content (AvgIpc) is 3.78. The van der Waals surface area contributed by atoms with Gasteiger partial charge >= 0.3 is 0 Å². The zero-order chi connectivity index (χ0) is 33.0. The summed E-state index contributed by atoms with van der Waals surface area (Å²) in [4.78, 5) is 20.1. The maximum absolute atomic E-state index is 6.41. The fourth-order valence-electron chi connectivity index (χ4n) is 6.66. The summed E-state index contributed by atoms with van der Waals surface area (Å²) in [6, 6.07) is 54.1. The van der Waals surface area contributed by atoms with Crippen molar-refractivity contribution >= 4 is 53.4 Å². The summed E-state index contributed by atoms with van der Waals surface area (Å²) in [6.07, 6.45) is 0. The van der Waals surface area contributed by atoms with Gasteiger partial charge in [-0.05, 0) is 58.3 Å². The molecule has 0 saturated carbocycles. The van der Waals surface area contributed by atoms with Gasteiger partial charge in [0.05, 0.1) is 0 Å². The van der Waals surface area contributed by atoms with E-state index in [9.17, 15) is 0 Å². The van der Waals surface area contributed by atoms with Crippen LogP contribution in [0.5, 0.6) is 0 Å². The minimum atomic E-state index is 0.604. The number of rotatable bonds is 5. The minimum absolute atomic E-state index is 0.604. The molecule has 3 aromatic heterocycles. The second-order valence-electron chi connectivity index (χ2n) is 12.3. The van der Waals surface area contributed by atoms with Crippen molar-refractivity contribution in [1.29, 1.82) is 0 Å². The van der Waals surface area contributed by atoms with E-state index in [0.717, 1.165) is 64.5 Å². The van der Waals surface area contributed by atoms with Gasteiger partial charge in [-0.15, -0.1) is 11.3 Å². The monoisotopic (exact) mass is 658 g/mol. The molecule has 5 nitrogen and oxygen atoms in total. The Balaban J connectivity index is 1.12. The summed E-state index contributed by atoms with van der Waals surface area (Å²) in [7, 11) is 0. The van der Waals surface area contributed by atoms with Gasteiger partial charge in [0.1, 0.15) is 5.52 Å². The van der Waals surface area contributed by atoms with E-state index in [-0.39, 0.29) is 0 Å². The first-order valence-electron chi connectivity index (χ1n) is 16.5. The van der Waals surface area contributed by atoms with Gasteiger partial charge in [0.2, 0.25) is 5.89 Å². The molecule has 0 spiro atoms. The summed E-state index contributed by atoms with van der Waals surface area (Å²) in [5.41, 5.74) is 7.68. The van der Waals surface area contributed by atoms with Crippen LogP contribution in [0, 0.1) is 0 Å². The van der Waals surface area contributed by atoms with Gasteiger partial charge in [-0.2, -0.15) is 0 Å². The lowest BCUT2D eigenvalue weighted by Gasteiger charge is -2.10. The Kier molecular flexibility index (Phi) is 6.60. The minimum Gasteiger partial charge on any atom is -0.436 e. The van der Waals surface area contributed by atoms with E-state index in [1.807, 2.05) is 36.4 Å². The van der Waals surface area contributed by atoms with Crippen LogP contribution >= 0.6 is 11.3 Å². The highest BCUT2D eigenvalue weighted by Crippen LogP contribution is 2.42. The molecule has 234 valence electrons. The van der Waals surface area contributed by atoms with Crippen molar-refractivity contribution < 1.29 is 4.42 Å². The molecule has 10 rings (SSSR count). The Morgan fingerprint density at radius 1 is 0.420 bits per heavy atom. The SMILES string of the molecule is c1ccc(-c2ccc(-c3nc4cc5sc6cccc(-c7nc(-c8ccccc8)nc(-c8ccc9ccccc9c8)n7)c6c5cc4o3)cc2)cc1. The van der Waals surface area contributed by atoms with Crippen LogP contribution in [-0.2, 0) is 0 Å². The van der Waals surface area contributed by atoms with Crippen LogP contribution in [0.4, 0.5) is 0 Å². The standard InChI is InChI=1S/C44H26N4OS/c1-3-10-27(11-4-1)29-18-21-31(22-19-29)44-45-36-26-39-35(25-37(36)49-44)40-34(16-9-17-38(40)50-39)43-47-41(30-13-5-2-6-14-30)46-42(48-43)33-23-20-28-12-7-8-15-32(28)24-33/h1-26H. The fourth-order valence-corrected chi connectivity index (χ4v) is 7.81. The molecular formula is C44H26N4OS. The van der Waals surface area contributed by atoms with Crippen LogP contribution in [0.3, 0.4) is 0 Å². The third-order valence-electron chi connectivity index (χ3n) is 9.16. The van der Waals surface area contributed by atoms with Crippen molar-refractivity contribution in [3.63, 3.8) is 0 Å². The van der Waals surface area contributed by atoms with E-state index >= 15 is 0 Å². The van der Waals surface area contributed by atoms with E-state index in [1.165, 1.54) is 10.9 Å². The number of nitrogens with zero attached hydrogens (tertiary/aromatic N) is 4.